The Morgan fingerprint density at radius 3 is 2.61 bits per heavy atom. The summed E-state index contributed by atoms with van der Waals surface area (Å²) < 4.78 is 10.0. The summed E-state index contributed by atoms with van der Waals surface area (Å²) in [5.41, 5.74) is 1.19. The molecule has 1 N–H and O–H groups in total. The number of aromatic nitrogens is 2. The fraction of sp³-hybridized carbons (Fsp3) is 0.385. The number of benzene rings is 1. The molecule has 0 aliphatic carbocycles. The fourth-order valence-corrected chi connectivity index (χ4v) is 1.67. The van der Waals surface area contributed by atoms with Crippen molar-refractivity contribution in [1.29, 1.82) is 0 Å². The van der Waals surface area contributed by atoms with E-state index in [0.717, 1.165) is 5.75 Å². The summed E-state index contributed by atoms with van der Waals surface area (Å²) >= 11 is 0. The highest BCUT2D eigenvalue weighted by molar-refractivity contribution is 5.28. The van der Waals surface area contributed by atoms with Gasteiger partial charge in [-0.25, -0.2) is 0 Å². The summed E-state index contributed by atoms with van der Waals surface area (Å²) in [4.78, 5) is 4.14. The second-order valence-corrected chi connectivity index (χ2v) is 4.11. The van der Waals surface area contributed by atoms with Crippen LogP contribution < -0.4 is 10.1 Å². The van der Waals surface area contributed by atoms with E-state index in [9.17, 15) is 0 Å². The largest absolute Gasteiger partial charge is 0.497 e. The molecular formula is C13H17N3O2. The molecule has 1 atom stereocenters. The van der Waals surface area contributed by atoms with Crippen LogP contribution in [0, 0.1) is 6.92 Å². The Bertz CT molecular complexity index is 493. The van der Waals surface area contributed by atoms with Gasteiger partial charge in [-0.05, 0) is 24.6 Å². The van der Waals surface area contributed by atoms with Crippen molar-refractivity contribution in [2.75, 3.05) is 7.11 Å². The van der Waals surface area contributed by atoms with Gasteiger partial charge in [0.2, 0.25) is 5.89 Å². The summed E-state index contributed by atoms with van der Waals surface area (Å²) in [7, 11) is 1.66. The first-order valence-electron chi connectivity index (χ1n) is 5.85. The Morgan fingerprint density at radius 2 is 2.06 bits per heavy atom. The normalized spacial score (nSPS) is 12.4. The number of nitrogens with zero attached hydrogens (tertiary/aromatic N) is 2. The van der Waals surface area contributed by atoms with Crippen molar-refractivity contribution in [3.63, 3.8) is 0 Å². The Labute approximate surface area is 106 Å². The predicted molar refractivity (Wildman–Crippen MR) is 67.3 cm³/mol. The summed E-state index contributed by atoms with van der Waals surface area (Å²) in [6, 6.07) is 8.20. The lowest BCUT2D eigenvalue weighted by Gasteiger charge is -2.13. The zero-order valence-corrected chi connectivity index (χ0v) is 10.8. The molecule has 2 aromatic rings. The van der Waals surface area contributed by atoms with Gasteiger partial charge in [-0.2, -0.15) is 4.98 Å². The molecule has 18 heavy (non-hydrogen) atoms. The Morgan fingerprint density at radius 1 is 1.33 bits per heavy atom. The molecule has 1 heterocycles. The number of hydrogen-bond acceptors (Lipinski definition) is 5. The molecule has 2 rings (SSSR count). The molecule has 0 radical (unpaired) electrons. The SMILES string of the molecule is COc1ccc(C(C)NCc2noc(C)n2)cc1. The zero-order chi connectivity index (χ0) is 13.0. The van der Waals surface area contributed by atoms with E-state index in [2.05, 4.69) is 22.4 Å². The van der Waals surface area contributed by atoms with E-state index in [1.165, 1.54) is 5.56 Å². The van der Waals surface area contributed by atoms with E-state index in [4.69, 9.17) is 9.26 Å². The van der Waals surface area contributed by atoms with Crippen LogP contribution in [-0.4, -0.2) is 17.3 Å². The third-order valence-corrected chi connectivity index (χ3v) is 2.75. The van der Waals surface area contributed by atoms with Crippen LogP contribution in [-0.2, 0) is 6.54 Å². The highest BCUT2D eigenvalue weighted by Crippen LogP contribution is 2.17. The summed E-state index contributed by atoms with van der Waals surface area (Å²) in [6.07, 6.45) is 0. The first-order valence-corrected chi connectivity index (χ1v) is 5.85. The van der Waals surface area contributed by atoms with Gasteiger partial charge in [0.25, 0.3) is 0 Å². The van der Waals surface area contributed by atoms with E-state index < -0.39 is 0 Å². The van der Waals surface area contributed by atoms with Crippen LogP contribution in [0.15, 0.2) is 28.8 Å². The van der Waals surface area contributed by atoms with E-state index >= 15 is 0 Å². The van der Waals surface area contributed by atoms with Crippen LogP contribution in [0.4, 0.5) is 0 Å². The van der Waals surface area contributed by atoms with Crippen LogP contribution in [0.5, 0.6) is 5.75 Å². The maximum atomic E-state index is 5.13. The van der Waals surface area contributed by atoms with Crippen molar-refractivity contribution in [1.82, 2.24) is 15.5 Å². The number of rotatable bonds is 5. The minimum Gasteiger partial charge on any atom is -0.497 e. The van der Waals surface area contributed by atoms with Gasteiger partial charge in [0.1, 0.15) is 5.75 Å². The van der Waals surface area contributed by atoms with Gasteiger partial charge in [-0.3, -0.25) is 0 Å². The molecule has 5 heteroatoms. The standard InChI is InChI=1S/C13H17N3O2/c1-9(11-4-6-12(17-3)7-5-11)14-8-13-15-10(2)18-16-13/h4-7,9,14H,8H2,1-3H3. The van der Waals surface area contributed by atoms with Crippen LogP contribution in [0.1, 0.15) is 30.2 Å². The molecule has 1 aromatic carbocycles. The molecule has 0 amide bonds. The molecule has 0 saturated carbocycles. The molecule has 5 nitrogen and oxygen atoms in total. The molecule has 0 saturated heterocycles. The summed E-state index contributed by atoms with van der Waals surface area (Å²) in [6.45, 7) is 4.46. The molecule has 0 fully saturated rings. The second-order valence-electron chi connectivity index (χ2n) is 4.11. The van der Waals surface area contributed by atoms with E-state index in [1.807, 2.05) is 24.3 Å². The summed E-state index contributed by atoms with van der Waals surface area (Å²) in [5, 5.41) is 7.18. The van der Waals surface area contributed by atoms with Gasteiger partial charge in [0.15, 0.2) is 5.82 Å². The van der Waals surface area contributed by atoms with Crippen LogP contribution >= 0.6 is 0 Å². The minimum atomic E-state index is 0.217. The average Bonchev–Trinajstić information content (AvgIpc) is 2.82. The monoisotopic (exact) mass is 247 g/mol. The molecule has 1 unspecified atom stereocenters. The highest BCUT2D eigenvalue weighted by atomic mass is 16.5. The number of ether oxygens (including phenoxy) is 1. The van der Waals surface area contributed by atoms with Gasteiger partial charge >= 0.3 is 0 Å². The lowest BCUT2D eigenvalue weighted by molar-refractivity contribution is 0.384. The number of nitrogens with one attached hydrogen (secondary N) is 1. The lowest BCUT2D eigenvalue weighted by atomic mass is 10.1. The maximum Gasteiger partial charge on any atom is 0.223 e. The van der Waals surface area contributed by atoms with Crippen molar-refractivity contribution < 1.29 is 9.26 Å². The van der Waals surface area contributed by atoms with Gasteiger partial charge in [0.05, 0.1) is 13.7 Å². The summed E-state index contributed by atoms with van der Waals surface area (Å²) in [5.74, 6) is 2.12. The van der Waals surface area contributed by atoms with Crippen molar-refractivity contribution in [3.05, 3.63) is 41.5 Å². The van der Waals surface area contributed by atoms with Crippen LogP contribution in [0.2, 0.25) is 0 Å². The third kappa shape index (κ3) is 3.07. The molecular weight excluding hydrogens is 230 g/mol. The minimum absolute atomic E-state index is 0.217. The molecule has 0 bridgehead atoms. The third-order valence-electron chi connectivity index (χ3n) is 2.75. The van der Waals surface area contributed by atoms with Gasteiger partial charge in [-0.1, -0.05) is 17.3 Å². The number of methoxy groups -OCH3 is 1. The van der Waals surface area contributed by atoms with Crippen molar-refractivity contribution >= 4 is 0 Å². The predicted octanol–water partition coefficient (Wildman–Crippen LogP) is 2.24. The molecule has 1 aromatic heterocycles. The smallest absolute Gasteiger partial charge is 0.223 e. The van der Waals surface area contributed by atoms with E-state index in [0.29, 0.717) is 18.3 Å². The first-order chi connectivity index (χ1) is 8.69. The zero-order valence-electron chi connectivity index (χ0n) is 10.8. The lowest BCUT2D eigenvalue weighted by Crippen LogP contribution is -2.18. The Kier molecular flexibility index (Phi) is 3.94. The molecule has 0 aliphatic heterocycles. The first kappa shape index (κ1) is 12.6. The quantitative estimate of drug-likeness (QED) is 0.878. The van der Waals surface area contributed by atoms with Gasteiger partial charge in [0, 0.05) is 13.0 Å². The van der Waals surface area contributed by atoms with Crippen LogP contribution in [0.3, 0.4) is 0 Å². The van der Waals surface area contributed by atoms with Crippen LogP contribution in [0.25, 0.3) is 0 Å². The van der Waals surface area contributed by atoms with Crippen molar-refractivity contribution in [3.8, 4) is 5.75 Å². The van der Waals surface area contributed by atoms with Crippen molar-refractivity contribution in [2.24, 2.45) is 0 Å². The topological polar surface area (TPSA) is 60.2 Å². The maximum absolute atomic E-state index is 5.13. The van der Waals surface area contributed by atoms with E-state index in [-0.39, 0.29) is 6.04 Å². The average molecular weight is 247 g/mol. The number of hydrogen-bond donors (Lipinski definition) is 1. The molecule has 0 aliphatic rings. The molecule has 96 valence electrons. The number of aryl methyl sites for hydroxylation is 1. The van der Waals surface area contributed by atoms with Gasteiger partial charge < -0.3 is 14.6 Å². The Balaban J connectivity index is 1.92. The van der Waals surface area contributed by atoms with E-state index in [1.54, 1.807) is 14.0 Å². The highest BCUT2D eigenvalue weighted by Gasteiger charge is 2.07. The fourth-order valence-electron chi connectivity index (χ4n) is 1.67. The Hall–Kier alpha value is -1.88. The second kappa shape index (κ2) is 5.64. The molecule has 0 spiro atoms. The van der Waals surface area contributed by atoms with Gasteiger partial charge in [-0.15, -0.1) is 0 Å². The van der Waals surface area contributed by atoms with Crippen molar-refractivity contribution in [2.45, 2.75) is 26.4 Å².